The lowest BCUT2D eigenvalue weighted by atomic mass is 10.1. The largest absolute Gasteiger partial charge is 0.359 e. The maximum absolute atomic E-state index is 12.8. The van der Waals surface area contributed by atoms with Gasteiger partial charge in [0.15, 0.2) is 5.76 Å². The Balaban J connectivity index is 1.63. The van der Waals surface area contributed by atoms with Crippen LogP contribution < -0.4 is 0 Å². The van der Waals surface area contributed by atoms with E-state index in [9.17, 15) is 4.79 Å². The van der Waals surface area contributed by atoms with Crippen molar-refractivity contribution >= 4 is 5.91 Å². The lowest BCUT2D eigenvalue weighted by molar-refractivity contribution is -0.135. The Kier molecular flexibility index (Phi) is 4.76. The molecule has 1 aromatic carbocycles. The number of carbonyl (C=O) groups excluding carboxylic acids is 1. The van der Waals surface area contributed by atoms with E-state index >= 15 is 0 Å². The first-order valence-electron chi connectivity index (χ1n) is 8.08. The molecule has 0 N–H and O–H groups in total. The molecule has 1 amide bonds. The van der Waals surface area contributed by atoms with Crippen molar-refractivity contribution in [3.8, 4) is 0 Å². The molecule has 1 aromatic heterocycles. The normalized spacial score (nSPS) is 18.3. The van der Waals surface area contributed by atoms with Crippen LogP contribution in [0.15, 0.2) is 40.9 Å². The van der Waals surface area contributed by atoms with Gasteiger partial charge in [-0.25, -0.2) is 0 Å². The van der Waals surface area contributed by atoms with Gasteiger partial charge in [-0.15, -0.1) is 0 Å². The number of likely N-dealkylation sites (tertiary alicyclic amines) is 1. The van der Waals surface area contributed by atoms with Crippen LogP contribution in [-0.4, -0.2) is 40.5 Å². The molecule has 0 saturated carbocycles. The summed E-state index contributed by atoms with van der Waals surface area (Å²) in [4.78, 5) is 16.8. The van der Waals surface area contributed by atoms with Crippen LogP contribution in [0.4, 0.5) is 0 Å². The Labute approximate surface area is 136 Å². The topological polar surface area (TPSA) is 49.6 Å². The number of hydrogen-bond acceptors (Lipinski definition) is 4. The number of nitrogens with zero attached hydrogens (tertiary/aromatic N) is 3. The van der Waals surface area contributed by atoms with Gasteiger partial charge < -0.3 is 9.42 Å². The SMILES string of the molecule is Cc1cc(CN(C)C(=O)[C@@H]2CCCN2Cc2ccccc2)on1. The summed E-state index contributed by atoms with van der Waals surface area (Å²) < 4.78 is 5.21. The third-order valence-corrected chi connectivity index (χ3v) is 4.32. The van der Waals surface area contributed by atoms with Crippen molar-refractivity contribution in [1.82, 2.24) is 15.0 Å². The number of benzene rings is 1. The van der Waals surface area contributed by atoms with Crippen molar-refractivity contribution in [2.24, 2.45) is 0 Å². The van der Waals surface area contributed by atoms with Gasteiger partial charge in [0, 0.05) is 19.7 Å². The third kappa shape index (κ3) is 3.79. The smallest absolute Gasteiger partial charge is 0.240 e. The molecule has 0 spiro atoms. The predicted octanol–water partition coefficient (Wildman–Crippen LogP) is 2.61. The third-order valence-electron chi connectivity index (χ3n) is 4.32. The molecule has 5 nitrogen and oxygen atoms in total. The number of aryl methyl sites for hydroxylation is 1. The molecule has 122 valence electrons. The number of rotatable bonds is 5. The van der Waals surface area contributed by atoms with Gasteiger partial charge in [0.25, 0.3) is 0 Å². The van der Waals surface area contributed by atoms with Crippen LogP contribution in [-0.2, 0) is 17.9 Å². The fourth-order valence-electron chi connectivity index (χ4n) is 3.17. The number of likely N-dealkylation sites (N-methyl/N-ethyl adjacent to an activating group) is 1. The first-order valence-corrected chi connectivity index (χ1v) is 8.08. The van der Waals surface area contributed by atoms with Crippen LogP contribution in [0.2, 0.25) is 0 Å². The molecule has 1 fully saturated rings. The van der Waals surface area contributed by atoms with Crippen molar-refractivity contribution < 1.29 is 9.32 Å². The van der Waals surface area contributed by atoms with E-state index < -0.39 is 0 Å². The summed E-state index contributed by atoms with van der Waals surface area (Å²) in [5.74, 6) is 0.887. The van der Waals surface area contributed by atoms with E-state index in [2.05, 4.69) is 22.2 Å². The highest BCUT2D eigenvalue weighted by atomic mass is 16.5. The Morgan fingerprint density at radius 1 is 1.39 bits per heavy atom. The highest BCUT2D eigenvalue weighted by Crippen LogP contribution is 2.22. The first-order chi connectivity index (χ1) is 11.1. The summed E-state index contributed by atoms with van der Waals surface area (Å²) >= 11 is 0. The zero-order valence-corrected chi connectivity index (χ0v) is 13.7. The fourth-order valence-corrected chi connectivity index (χ4v) is 3.17. The maximum atomic E-state index is 12.8. The predicted molar refractivity (Wildman–Crippen MR) is 87.6 cm³/mol. The number of aromatic nitrogens is 1. The summed E-state index contributed by atoms with van der Waals surface area (Å²) in [6.45, 7) is 4.15. The van der Waals surface area contributed by atoms with E-state index in [-0.39, 0.29) is 11.9 Å². The number of hydrogen-bond donors (Lipinski definition) is 0. The molecule has 5 heteroatoms. The molecule has 2 heterocycles. The molecule has 0 unspecified atom stereocenters. The Morgan fingerprint density at radius 2 is 2.17 bits per heavy atom. The van der Waals surface area contributed by atoms with Crippen molar-refractivity contribution in [3.63, 3.8) is 0 Å². The summed E-state index contributed by atoms with van der Waals surface area (Å²) in [7, 11) is 1.83. The van der Waals surface area contributed by atoms with Gasteiger partial charge in [0.1, 0.15) is 0 Å². The van der Waals surface area contributed by atoms with Gasteiger partial charge in [0.2, 0.25) is 5.91 Å². The number of amides is 1. The average Bonchev–Trinajstić information content (AvgIpc) is 3.16. The van der Waals surface area contributed by atoms with E-state index in [0.29, 0.717) is 6.54 Å². The van der Waals surface area contributed by atoms with Crippen molar-refractivity contribution in [2.75, 3.05) is 13.6 Å². The molecule has 0 aliphatic carbocycles. The molecular weight excluding hydrogens is 290 g/mol. The van der Waals surface area contributed by atoms with E-state index in [4.69, 9.17) is 4.52 Å². The van der Waals surface area contributed by atoms with E-state index in [1.165, 1.54) is 5.56 Å². The highest BCUT2D eigenvalue weighted by molar-refractivity contribution is 5.81. The van der Waals surface area contributed by atoms with Gasteiger partial charge in [-0.2, -0.15) is 0 Å². The molecule has 1 saturated heterocycles. The van der Waals surface area contributed by atoms with Crippen LogP contribution in [0.3, 0.4) is 0 Å². The quantitative estimate of drug-likeness (QED) is 0.851. The number of carbonyl (C=O) groups is 1. The zero-order chi connectivity index (χ0) is 16.2. The van der Waals surface area contributed by atoms with Gasteiger partial charge in [0.05, 0.1) is 18.3 Å². The first kappa shape index (κ1) is 15.7. The van der Waals surface area contributed by atoms with Crippen LogP contribution in [0, 0.1) is 6.92 Å². The summed E-state index contributed by atoms with van der Waals surface area (Å²) in [6, 6.07) is 12.2. The second-order valence-electron chi connectivity index (χ2n) is 6.24. The van der Waals surface area contributed by atoms with Crippen LogP contribution >= 0.6 is 0 Å². The van der Waals surface area contributed by atoms with E-state index in [0.717, 1.165) is 37.4 Å². The molecule has 23 heavy (non-hydrogen) atoms. The molecule has 2 aromatic rings. The van der Waals surface area contributed by atoms with Crippen molar-refractivity contribution in [3.05, 3.63) is 53.4 Å². The van der Waals surface area contributed by atoms with Crippen LogP contribution in [0.1, 0.15) is 29.9 Å². The second kappa shape index (κ2) is 6.96. The summed E-state index contributed by atoms with van der Waals surface area (Å²) in [6.07, 6.45) is 1.99. The Hall–Kier alpha value is -2.14. The molecule has 1 atom stereocenters. The second-order valence-corrected chi connectivity index (χ2v) is 6.24. The van der Waals surface area contributed by atoms with Crippen molar-refractivity contribution in [2.45, 2.75) is 38.9 Å². The fraction of sp³-hybridized carbons (Fsp3) is 0.444. The standard InChI is InChI=1S/C18H23N3O2/c1-14-11-16(23-19-14)13-20(2)18(22)17-9-6-10-21(17)12-15-7-4-3-5-8-15/h3-5,7-8,11,17H,6,9-10,12-13H2,1-2H3/t17-/m0/s1. The zero-order valence-electron chi connectivity index (χ0n) is 13.7. The lowest BCUT2D eigenvalue weighted by Crippen LogP contribution is -2.43. The van der Waals surface area contributed by atoms with Crippen LogP contribution in [0.5, 0.6) is 0 Å². The van der Waals surface area contributed by atoms with E-state index in [1.54, 1.807) is 4.90 Å². The molecule has 3 rings (SSSR count). The van der Waals surface area contributed by atoms with Gasteiger partial charge in [-0.1, -0.05) is 35.5 Å². The minimum atomic E-state index is -0.0378. The molecule has 0 radical (unpaired) electrons. The summed E-state index contributed by atoms with van der Waals surface area (Å²) in [5.41, 5.74) is 2.09. The van der Waals surface area contributed by atoms with E-state index in [1.807, 2.05) is 38.2 Å². The van der Waals surface area contributed by atoms with Crippen LogP contribution in [0.25, 0.3) is 0 Å². The molecular formula is C18H23N3O2. The highest BCUT2D eigenvalue weighted by Gasteiger charge is 2.32. The minimum Gasteiger partial charge on any atom is -0.359 e. The molecule has 1 aliphatic heterocycles. The summed E-state index contributed by atoms with van der Waals surface area (Å²) in [5, 5.41) is 3.87. The molecule has 1 aliphatic rings. The average molecular weight is 313 g/mol. The lowest BCUT2D eigenvalue weighted by Gasteiger charge is -2.27. The van der Waals surface area contributed by atoms with Gasteiger partial charge in [-0.3, -0.25) is 9.69 Å². The van der Waals surface area contributed by atoms with Gasteiger partial charge >= 0.3 is 0 Å². The Morgan fingerprint density at radius 3 is 2.87 bits per heavy atom. The van der Waals surface area contributed by atoms with Crippen molar-refractivity contribution in [1.29, 1.82) is 0 Å². The minimum absolute atomic E-state index is 0.0378. The molecule has 0 bridgehead atoms. The maximum Gasteiger partial charge on any atom is 0.240 e. The van der Waals surface area contributed by atoms with Gasteiger partial charge in [-0.05, 0) is 31.9 Å². The monoisotopic (exact) mass is 313 g/mol. The Bertz CT molecular complexity index is 653.